The summed E-state index contributed by atoms with van der Waals surface area (Å²) in [5.74, 6) is -0.741. The van der Waals surface area contributed by atoms with Crippen LogP contribution in [0.1, 0.15) is 58.3 Å². The molecule has 0 radical (unpaired) electrons. The van der Waals surface area contributed by atoms with Crippen molar-refractivity contribution in [1.29, 1.82) is 0 Å². The number of carbonyl (C=O) groups is 1. The predicted molar refractivity (Wildman–Crippen MR) is 105 cm³/mol. The molecule has 0 atom stereocenters. The van der Waals surface area contributed by atoms with Gasteiger partial charge < -0.3 is 5.11 Å². The van der Waals surface area contributed by atoms with E-state index in [4.69, 9.17) is 5.11 Å². The summed E-state index contributed by atoms with van der Waals surface area (Å²) in [4.78, 5) is 10.3. The molecule has 0 aliphatic carbocycles. The number of aliphatic carboxylic acids is 1. The van der Waals surface area contributed by atoms with Gasteiger partial charge in [0.1, 0.15) is 0 Å². The Balaban J connectivity index is 3.51. The maximum atomic E-state index is 10.3. The number of carboxylic acids is 1. The van der Waals surface area contributed by atoms with Crippen LogP contribution in [-0.4, -0.2) is 11.1 Å². The van der Waals surface area contributed by atoms with E-state index >= 15 is 0 Å². The first-order chi connectivity index (χ1) is 11.8. The monoisotopic (exact) mass is 328 g/mol. The van der Waals surface area contributed by atoms with Gasteiger partial charge in [-0.2, -0.15) is 0 Å². The zero-order chi connectivity index (χ0) is 17.7. The van der Waals surface area contributed by atoms with E-state index < -0.39 is 5.97 Å². The van der Waals surface area contributed by atoms with Crippen LogP contribution in [0.5, 0.6) is 0 Å². The molecular weight excluding hydrogens is 296 g/mol. The lowest BCUT2D eigenvalue weighted by Crippen LogP contribution is -1.91. The van der Waals surface area contributed by atoms with Gasteiger partial charge in [0, 0.05) is 6.42 Å². The Bertz CT molecular complexity index is 462. The minimum Gasteiger partial charge on any atom is -0.481 e. The summed E-state index contributed by atoms with van der Waals surface area (Å²) < 4.78 is 0. The summed E-state index contributed by atoms with van der Waals surface area (Å²) >= 11 is 0. The number of carboxylic acid groups (broad SMARTS) is 1. The molecule has 0 aromatic heterocycles. The molecule has 1 N–H and O–H groups in total. The maximum Gasteiger partial charge on any atom is 0.303 e. The molecule has 0 aromatic rings. The SMILES string of the molecule is CC/C=C\C/C=C\C/C=C/C/C=C/C/C=C\C/C=C/CCC(=O)O. The first kappa shape index (κ1) is 21.9. The molecule has 0 aromatic carbocycles. The van der Waals surface area contributed by atoms with Gasteiger partial charge in [0.2, 0.25) is 0 Å². The Labute approximate surface area is 147 Å². The fourth-order valence-electron chi connectivity index (χ4n) is 1.85. The highest BCUT2D eigenvalue weighted by atomic mass is 16.4. The lowest BCUT2D eigenvalue weighted by molar-refractivity contribution is -0.136. The highest BCUT2D eigenvalue weighted by Gasteiger charge is 1.90. The summed E-state index contributed by atoms with van der Waals surface area (Å²) in [6, 6.07) is 0. The average molecular weight is 328 g/mol. The van der Waals surface area contributed by atoms with E-state index in [-0.39, 0.29) is 6.42 Å². The summed E-state index contributed by atoms with van der Waals surface area (Å²) in [6.45, 7) is 2.15. The van der Waals surface area contributed by atoms with Crippen LogP contribution in [0.2, 0.25) is 0 Å². The van der Waals surface area contributed by atoms with Crippen LogP contribution in [0.25, 0.3) is 0 Å². The van der Waals surface area contributed by atoms with Crippen molar-refractivity contribution in [3.8, 4) is 0 Å². The molecule has 0 aliphatic heterocycles. The molecule has 0 amide bonds. The summed E-state index contributed by atoms with van der Waals surface area (Å²) in [5.41, 5.74) is 0. The van der Waals surface area contributed by atoms with Crippen LogP contribution >= 0.6 is 0 Å². The molecule has 0 heterocycles. The van der Waals surface area contributed by atoms with Crippen molar-refractivity contribution in [2.45, 2.75) is 58.3 Å². The third-order valence-corrected chi connectivity index (χ3v) is 3.12. The lowest BCUT2D eigenvalue weighted by atomic mass is 10.2. The topological polar surface area (TPSA) is 37.3 Å². The van der Waals surface area contributed by atoms with Crippen molar-refractivity contribution < 1.29 is 9.90 Å². The second-order valence-corrected chi connectivity index (χ2v) is 5.35. The van der Waals surface area contributed by atoms with Crippen LogP contribution in [0.3, 0.4) is 0 Å². The van der Waals surface area contributed by atoms with E-state index in [1.165, 1.54) is 0 Å². The van der Waals surface area contributed by atoms with Crippen LogP contribution < -0.4 is 0 Å². The van der Waals surface area contributed by atoms with Crippen LogP contribution in [0.4, 0.5) is 0 Å². The molecule has 0 fully saturated rings. The molecular formula is C22H32O2. The van der Waals surface area contributed by atoms with Crippen molar-refractivity contribution in [3.05, 3.63) is 72.9 Å². The van der Waals surface area contributed by atoms with Crippen molar-refractivity contribution in [1.82, 2.24) is 0 Å². The van der Waals surface area contributed by atoms with E-state index in [0.29, 0.717) is 6.42 Å². The molecule has 0 bridgehead atoms. The second kappa shape index (κ2) is 19.0. The molecule has 0 aliphatic rings. The highest BCUT2D eigenvalue weighted by molar-refractivity contribution is 5.66. The standard InChI is InChI=1S/C22H32O2/c1-2-3-4-5-6-7-8-9-10-11-12-13-14-15-16-17-18-19-20-21-22(23)24/h3-4,6-7,9-10,12-13,15-16,18-19H,2,5,8,11,14,17,20-21H2,1H3,(H,23,24)/b4-3-,7-6-,10-9+,13-12+,16-15-,19-18+. The van der Waals surface area contributed by atoms with Gasteiger partial charge in [-0.15, -0.1) is 0 Å². The van der Waals surface area contributed by atoms with E-state index in [0.717, 1.165) is 38.5 Å². The first-order valence-electron chi connectivity index (χ1n) is 8.89. The fraction of sp³-hybridized carbons (Fsp3) is 0.409. The number of hydrogen-bond acceptors (Lipinski definition) is 1. The Morgan fingerprint density at radius 3 is 1.29 bits per heavy atom. The summed E-state index contributed by atoms with van der Waals surface area (Å²) in [6.07, 6.45) is 32.5. The van der Waals surface area contributed by atoms with Gasteiger partial charge in [-0.25, -0.2) is 0 Å². The van der Waals surface area contributed by atoms with E-state index in [9.17, 15) is 4.79 Å². The molecule has 24 heavy (non-hydrogen) atoms. The quantitative estimate of drug-likeness (QED) is 0.367. The summed E-state index contributed by atoms with van der Waals surface area (Å²) in [7, 11) is 0. The van der Waals surface area contributed by atoms with Crippen molar-refractivity contribution >= 4 is 5.97 Å². The van der Waals surface area contributed by atoms with E-state index in [2.05, 4.69) is 67.7 Å². The number of hydrogen-bond donors (Lipinski definition) is 1. The largest absolute Gasteiger partial charge is 0.481 e. The van der Waals surface area contributed by atoms with Crippen molar-refractivity contribution in [3.63, 3.8) is 0 Å². The second-order valence-electron chi connectivity index (χ2n) is 5.35. The molecule has 0 saturated carbocycles. The zero-order valence-electron chi connectivity index (χ0n) is 14.9. The first-order valence-corrected chi connectivity index (χ1v) is 8.89. The van der Waals surface area contributed by atoms with Crippen LogP contribution in [-0.2, 0) is 4.79 Å². The third-order valence-electron chi connectivity index (χ3n) is 3.12. The Morgan fingerprint density at radius 2 is 0.958 bits per heavy atom. The van der Waals surface area contributed by atoms with Gasteiger partial charge in [-0.3, -0.25) is 4.79 Å². The van der Waals surface area contributed by atoms with Gasteiger partial charge in [-0.05, 0) is 44.9 Å². The summed E-state index contributed by atoms with van der Waals surface area (Å²) in [5, 5.41) is 8.49. The Kier molecular flexibility index (Phi) is 17.3. The molecule has 2 heteroatoms. The molecule has 0 saturated heterocycles. The molecule has 0 unspecified atom stereocenters. The molecule has 132 valence electrons. The Morgan fingerprint density at radius 1 is 0.625 bits per heavy atom. The van der Waals surface area contributed by atoms with Crippen LogP contribution in [0, 0.1) is 0 Å². The van der Waals surface area contributed by atoms with Crippen molar-refractivity contribution in [2.24, 2.45) is 0 Å². The van der Waals surface area contributed by atoms with Crippen molar-refractivity contribution in [2.75, 3.05) is 0 Å². The van der Waals surface area contributed by atoms with E-state index in [1.807, 2.05) is 12.2 Å². The smallest absolute Gasteiger partial charge is 0.303 e. The predicted octanol–water partition coefficient (Wildman–Crippen LogP) is 6.55. The minimum atomic E-state index is -0.741. The Hall–Kier alpha value is -2.09. The fourth-order valence-corrected chi connectivity index (χ4v) is 1.85. The lowest BCUT2D eigenvalue weighted by Gasteiger charge is -1.87. The van der Waals surface area contributed by atoms with Gasteiger partial charge in [0.25, 0.3) is 0 Å². The third kappa shape index (κ3) is 19.9. The number of allylic oxidation sites excluding steroid dienone is 12. The van der Waals surface area contributed by atoms with Gasteiger partial charge in [0.15, 0.2) is 0 Å². The van der Waals surface area contributed by atoms with E-state index in [1.54, 1.807) is 0 Å². The molecule has 0 rings (SSSR count). The highest BCUT2D eigenvalue weighted by Crippen LogP contribution is 1.97. The maximum absolute atomic E-state index is 10.3. The number of rotatable bonds is 14. The normalized spacial score (nSPS) is 13.0. The van der Waals surface area contributed by atoms with Gasteiger partial charge in [0.05, 0.1) is 0 Å². The average Bonchev–Trinajstić information content (AvgIpc) is 2.56. The molecule has 2 nitrogen and oxygen atoms in total. The zero-order valence-corrected chi connectivity index (χ0v) is 14.9. The minimum absolute atomic E-state index is 0.210. The van der Waals surface area contributed by atoms with Gasteiger partial charge in [-0.1, -0.05) is 79.8 Å². The van der Waals surface area contributed by atoms with Gasteiger partial charge >= 0.3 is 5.97 Å². The molecule has 0 spiro atoms. The van der Waals surface area contributed by atoms with Crippen LogP contribution in [0.15, 0.2) is 72.9 Å².